The summed E-state index contributed by atoms with van der Waals surface area (Å²) >= 11 is 1.43. The van der Waals surface area contributed by atoms with Crippen LogP contribution in [0.15, 0.2) is 29.2 Å². The number of likely N-dealkylation sites (tertiary alicyclic amines) is 1. The average Bonchev–Trinajstić information content (AvgIpc) is 2.45. The van der Waals surface area contributed by atoms with Crippen LogP contribution < -0.4 is 5.32 Å². The Bertz CT molecular complexity index is 498. The molecule has 1 fully saturated rings. The molecule has 5 heteroatoms. The van der Waals surface area contributed by atoms with Gasteiger partial charge < -0.3 is 10.2 Å². The summed E-state index contributed by atoms with van der Waals surface area (Å²) < 4.78 is 12.8. The predicted molar refractivity (Wildman–Crippen MR) is 94.1 cm³/mol. The average molecular weight is 338 g/mol. The highest BCUT2D eigenvalue weighted by molar-refractivity contribution is 8.00. The number of benzene rings is 1. The van der Waals surface area contributed by atoms with E-state index in [1.807, 2.05) is 0 Å². The van der Waals surface area contributed by atoms with E-state index in [1.165, 1.54) is 30.3 Å². The molecule has 1 aliphatic rings. The lowest BCUT2D eigenvalue weighted by Crippen LogP contribution is -2.47. The summed E-state index contributed by atoms with van der Waals surface area (Å²) in [6.45, 7) is 9.80. The molecule has 0 spiro atoms. The van der Waals surface area contributed by atoms with E-state index in [1.54, 1.807) is 12.1 Å². The molecule has 0 unspecified atom stereocenters. The molecule has 3 nitrogen and oxygen atoms in total. The maximum absolute atomic E-state index is 12.8. The van der Waals surface area contributed by atoms with Gasteiger partial charge in [0.15, 0.2) is 0 Å². The van der Waals surface area contributed by atoms with Crippen molar-refractivity contribution in [3.8, 4) is 0 Å². The quantitative estimate of drug-likeness (QED) is 0.807. The first-order valence-electron chi connectivity index (χ1n) is 8.32. The first-order valence-corrected chi connectivity index (χ1v) is 9.31. The Labute approximate surface area is 143 Å². The molecule has 1 heterocycles. The molecule has 2 rings (SSSR count). The van der Waals surface area contributed by atoms with Gasteiger partial charge in [-0.05, 0) is 49.4 Å². The lowest BCUT2D eigenvalue weighted by atomic mass is 9.92. The van der Waals surface area contributed by atoms with Crippen LogP contribution in [0, 0.1) is 17.7 Å². The monoisotopic (exact) mass is 338 g/mol. The summed E-state index contributed by atoms with van der Waals surface area (Å²) in [5.74, 6) is 1.61. The van der Waals surface area contributed by atoms with Crippen molar-refractivity contribution < 1.29 is 9.18 Å². The summed E-state index contributed by atoms with van der Waals surface area (Å²) in [6.07, 6.45) is 1.30. The molecular weight excluding hydrogens is 311 g/mol. The van der Waals surface area contributed by atoms with E-state index in [9.17, 15) is 9.18 Å². The number of rotatable bonds is 6. The number of nitrogens with zero attached hydrogens (tertiary/aromatic N) is 1. The van der Waals surface area contributed by atoms with E-state index in [0.717, 1.165) is 36.4 Å². The second-order valence-electron chi connectivity index (χ2n) is 6.88. The van der Waals surface area contributed by atoms with Crippen molar-refractivity contribution in [3.05, 3.63) is 30.1 Å². The summed E-state index contributed by atoms with van der Waals surface area (Å²) in [5.41, 5.74) is 0. The van der Waals surface area contributed by atoms with Crippen LogP contribution in [0.4, 0.5) is 4.39 Å². The van der Waals surface area contributed by atoms with Crippen LogP contribution in [0.3, 0.4) is 0 Å². The minimum absolute atomic E-state index is 0.0323. The van der Waals surface area contributed by atoms with Gasteiger partial charge in [0, 0.05) is 30.6 Å². The standard InChI is InChI=1S/C18H27FN2OS/c1-13-8-14(2)10-21(9-13)11-15(3)20-18(22)12-23-17-6-4-16(19)5-7-17/h4-7,13-15H,8-12H2,1-3H3,(H,20,22)/t13-,14-,15-/m1/s1. The molecule has 3 atom stereocenters. The van der Waals surface area contributed by atoms with E-state index in [0.29, 0.717) is 5.75 Å². The number of amides is 1. The van der Waals surface area contributed by atoms with Gasteiger partial charge in [-0.25, -0.2) is 4.39 Å². The highest BCUT2D eigenvalue weighted by atomic mass is 32.2. The van der Waals surface area contributed by atoms with Gasteiger partial charge in [-0.3, -0.25) is 4.79 Å². The van der Waals surface area contributed by atoms with E-state index >= 15 is 0 Å². The highest BCUT2D eigenvalue weighted by Crippen LogP contribution is 2.21. The van der Waals surface area contributed by atoms with E-state index in [-0.39, 0.29) is 17.8 Å². The van der Waals surface area contributed by atoms with Crippen molar-refractivity contribution in [1.29, 1.82) is 0 Å². The van der Waals surface area contributed by atoms with Gasteiger partial charge in [0.25, 0.3) is 0 Å². The minimum Gasteiger partial charge on any atom is -0.352 e. The van der Waals surface area contributed by atoms with Crippen LogP contribution in [-0.4, -0.2) is 42.2 Å². The number of hydrogen-bond acceptors (Lipinski definition) is 3. The van der Waals surface area contributed by atoms with Crippen LogP contribution in [0.5, 0.6) is 0 Å². The number of nitrogens with one attached hydrogen (secondary N) is 1. The Morgan fingerprint density at radius 2 is 1.91 bits per heavy atom. The number of halogens is 1. The van der Waals surface area contributed by atoms with Gasteiger partial charge in [-0.1, -0.05) is 13.8 Å². The first kappa shape index (κ1) is 18.3. The maximum atomic E-state index is 12.8. The molecule has 1 aromatic carbocycles. The number of hydrogen-bond donors (Lipinski definition) is 1. The van der Waals surface area contributed by atoms with Gasteiger partial charge in [-0.15, -0.1) is 11.8 Å². The Morgan fingerprint density at radius 3 is 2.52 bits per heavy atom. The van der Waals surface area contributed by atoms with E-state index < -0.39 is 0 Å². The zero-order valence-corrected chi connectivity index (χ0v) is 15.0. The molecule has 1 saturated heterocycles. The van der Waals surface area contributed by atoms with Gasteiger partial charge in [0.05, 0.1) is 5.75 Å². The van der Waals surface area contributed by atoms with E-state index in [4.69, 9.17) is 0 Å². The molecule has 0 radical (unpaired) electrons. The lowest BCUT2D eigenvalue weighted by molar-refractivity contribution is -0.119. The van der Waals surface area contributed by atoms with Crippen molar-refractivity contribution in [2.75, 3.05) is 25.4 Å². The summed E-state index contributed by atoms with van der Waals surface area (Å²) in [7, 11) is 0. The molecular formula is C18H27FN2OS. The molecule has 0 saturated carbocycles. The van der Waals surface area contributed by atoms with Crippen molar-refractivity contribution in [1.82, 2.24) is 10.2 Å². The third-order valence-corrected chi connectivity index (χ3v) is 5.08. The fraction of sp³-hybridized carbons (Fsp3) is 0.611. The van der Waals surface area contributed by atoms with Crippen molar-refractivity contribution >= 4 is 17.7 Å². The van der Waals surface area contributed by atoms with Crippen molar-refractivity contribution in [3.63, 3.8) is 0 Å². The lowest BCUT2D eigenvalue weighted by Gasteiger charge is -2.36. The summed E-state index contributed by atoms with van der Waals surface area (Å²) in [5, 5.41) is 3.06. The highest BCUT2D eigenvalue weighted by Gasteiger charge is 2.23. The summed E-state index contributed by atoms with van der Waals surface area (Å²) in [4.78, 5) is 15.4. The fourth-order valence-electron chi connectivity index (χ4n) is 3.37. The van der Waals surface area contributed by atoms with Crippen LogP contribution in [0.25, 0.3) is 0 Å². The smallest absolute Gasteiger partial charge is 0.230 e. The van der Waals surface area contributed by atoms with Crippen molar-refractivity contribution in [2.24, 2.45) is 11.8 Å². The molecule has 0 aliphatic carbocycles. The SMILES string of the molecule is C[C@@H]1C[C@@H](C)CN(C[C@@H](C)NC(=O)CSc2ccc(F)cc2)C1. The second kappa shape index (κ2) is 8.69. The molecule has 1 N–H and O–H groups in total. The number of thioether (sulfide) groups is 1. The fourth-order valence-corrected chi connectivity index (χ4v) is 4.08. The molecule has 0 aromatic heterocycles. The Hall–Kier alpha value is -1.07. The molecule has 1 amide bonds. The molecule has 128 valence electrons. The zero-order valence-electron chi connectivity index (χ0n) is 14.2. The van der Waals surface area contributed by atoms with E-state index in [2.05, 4.69) is 31.0 Å². The van der Waals surface area contributed by atoms with Crippen molar-refractivity contribution in [2.45, 2.75) is 38.1 Å². The Balaban J connectivity index is 1.70. The summed E-state index contributed by atoms with van der Waals surface area (Å²) in [6, 6.07) is 6.39. The van der Waals surface area contributed by atoms with Gasteiger partial charge >= 0.3 is 0 Å². The number of carbonyl (C=O) groups excluding carboxylic acids is 1. The topological polar surface area (TPSA) is 32.3 Å². The molecule has 0 bridgehead atoms. The number of carbonyl (C=O) groups is 1. The predicted octanol–water partition coefficient (Wildman–Crippen LogP) is 3.40. The van der Waals surface area contributed by atoms with Crippen LogP contribution in [-0.2, 0) is 4.79 Å². The first-order chi connectivity index (χ1) is 10.9. The van der Waals surface area contributed by atoms with Crippen LogP contribution >= 0.6 is 11.8 Å². The molecule has 1 aliphatic heterocycles. The third-order valence-electron chi connectivity index (χ3n) is 4.07. The Kier molecular flexibility index (Phi) is 6.90. The number of piperidine rings is 1. The maximum Gasteiger partial charge on any atom is 0.230 e. The molecule has 1 aromatic rings. The Morgan fingerprint density at radius 1 is 1.30 bits per heavy atom. The molecule has 23 heavy (non-hydrogen) atoms. The van der Waals surface area contributed by atoms with Crippen LogP contribution in [0.1, 0.15) is 27.2 Å². The van der Waals surface area contributed by atoms with Gasteiger partial charge in [-0.2, -0.15) is 0 Å². The second-order valence-corrected chi connectivity index (χ2v) is 7.92. The zero-order chi connectivity index (χ0) is 16.8. The van der Waals surface area contributed by atoms with Gasteiger partial charge in [0.1, 0.15) is 5.82 Å². The van der Waals surface area contributed by atoms with Gasteiger partial charge in [0.2, 0.25) is 5.91 Å². The van der Waals surface area contributed by atoms with Crippen LogP contribution in [0.2, 0.25) is 0 Å². The third kappa shape index (κ3) is 6.51. The largest absolute Gasteiger partial charge is 0.352 e. The normalized spacial score (nSPS) is 23.5. The minimum atomic E-state index is -0.252.